The first kappa shape index (κ1) is 15.0. The van der Waals surface area contributed by atoms with E-state index in [0.29, 0.717) is 10.6 Å². The van der Waals surface area contributed by atoms with Gasteiger partial charge < -0.3 is 5.32 Å². The van der Waals surface area contributed by atoms with E-state index in [4.69, 9.17) is 11.6 Å². The molecule has 0 fully saturated rings. The predicted molar refractivity (Wildman–Crippen MR) is 81.4 cm³/mol. The summed E-state index contributed by atoms with van der Waals surface area (Å²) in [4.78, 5) is 12.1. The van der Waals surface area contributed by atoms with Crippen molar-refractivity contribution in [3.8, 4) is 0 Å². The molecule has 104 valence electrons. The molecule has 1 N–H and O–H groups in total. The third kappa shape index (κ3) is 3.58. The van der Waals surface area contributed by atoms with Gasteiger partial charge in [-0.25, -0.2) is 4.39 Å². The maximum atomic E-state index is 13.1. The van der Waals surface area contributed by atoms with Crippen LogP contribution in [-0.2, 0) is 0 Å². The molecule has 1 unspecified atom stereocenters. The van der Waals surface area contributed by atoms with Crippen molar-refractivity contribution < 1.29 is 9.18 Å². The number of hydrogen-bond acceptors (Lipinski definition) is 1. The molecule has 0 aromatic heterocycles. The summed E-state index contributed by atoms with van der Waals surface area (Å²) in [5.74, 6) is -0.664. The molecule has 2 aromatic carbocycles. The predicted octanol–water partition coefficient (Wildman–Crippen LogP) is 4.73. The summed E-state index contributed by atoms with van der Waals surface area (Å²) in [6.07, 6.45) is 0. The van der Waals surface area contributed by atoms with Crippen molar-refractivity contribution in [1.29, 1.82) is 0 Å². The third-order valence-electron chi connectivity index (χ3n) is 2.88. The van der Waals surface area contributed by atoms with Crippen LogP contribution in [0.1, 0.15) is 28.9 Å². The fraction of sp³-hybridized carbons (Fsp3) is 0.133. The van der Waals surface area contributed by atoms with Gasteiger partial charge in [-0.2, -0.15) is 0 Å². The minimum absolute atomic E-state index is 0.190. The molecule has 0 bridgehead atoms. The molecule has 0 aliphatic carbocycles. The minimum atomic E-state index is -0.399. The molecular formula is C15H12BrClFNO. The van der Waals surface area contributed by atoms with Crippen LogP contribution >= 0.6 is 27.5 Å². The number of halogens is 3. The Bertz CT molecular complexity index is 648. The van der Waals surface area contributed by atoms with Gasteiger partial charge in [-0.05, 0) is 58.7 Å². The third-order valence-corrected chi connectivity index (χ3v) is 3.72. The maximum absolute atomic E-state index is 13.1. The van der Waals surface area contributed by atoms with E-state index < -0.39 is 5.82 Å². The highest BCUT2D eigenvalue weighted by atomic mass is 79.9. The van der Waals surface area contributed by atoms with E-state index in [-0.39, 0.29) is 16.4 Å². The number of benzene rings is 2. The van der Waals surface area contributed by atoms with Crippen LogP contribution in [0.2, 0.25) is 5.02 Å². The first-order valence-corrected chi connectivity index (χ1v) is 7.16. The summed E-state index contributed by atoms with van der Waals surface area (Å²) in [6.45, 7) is 1.86. The summed E-state index contributed by atoms with van der Waals surface area (Å²) in [7, 11) is 0. The molecule has 0 aliphatic heterocycles. The molecule has 2 rings (SSSR count). The molecule has 0 saturated heterocycles. The van der Waals surface area contributed by atoms with Crippen LogP contribution in [0, 0.1) is 5.82 Å². The lowest BCUT2D eigenvalue weighted by atomic mass is 10.1. The van der Waals surface area contributed by atoms with Crippen molar-refractivity contribution in [1.82, 2.24) is 5.32 Å². The van der Waals surface area contributed by atoms with Crippen molar-refractivity contribution in [2.45, 2.75) is 13.0 Å². The molecule has 1 amide bonds. The Balaban J connectivity index is 2.13. The first-order valence-electron chi connectivity index (χ1n) is 5.99. The van der Waals surface area contributed by atoms with Gasteiger partial charge in [-0.15, -0.1) is 0 Å². The zero-order valence-corrected chi connectivity index (χ0v) is 13.0. The van der Waals surface area contributed by atoms with Gasteiger partial charge in [0.2, 0.25) is 0 Å². The number of amides is 1. The van der Waals surface area contributed by atoms with E-state index in [0.717, 1.165) is 5.56 Å². The van der Waals surface area contributed by atoms with E-state index in [1.807, 2.05) is 19.1 Å². The molecule has 0 heterocycles. The zero-order valence-electron chi connectivity index (χ0n) is 10.7. The highest BCUT2D eigenvalue weighted by Crippen LogP contribution is 2.20. The van der Waals surface area contributed by atoms with Crippen LogP contribution in [0.15, 0.2) is 46.9 Å². The van der Waals surface area contributed by atoms with Crippen molar-refractivity contribution in [2.24, 2.45) is 0 Å². The van der Waals surface area contributed by atoms with E-state index in [1.165, 1.54) is 18.2 Å². The Morgan fingerprint density at radius 2 is 2.05 bits per heavy atom. The van der Waals surface area contributed by atoms with E-state index in [9.17, 15) is 9.18 Å². The molecule has 2 nitrogen and oxygen atoms in total. The van der Waals surface area contributed by atoms with Crippen molar-refractivity contribution >= 4 is 33.4 Å². The van der Waals surface area contributed by atoms with Gasteiger partial charge in [0.05, 0.1) is 10.5 Å². The van der Waals surface area contributed by atoms with Crippen LogP contribution in [0.4, 0.5) is 4.39 Å². The van der Waals surface area contributed by atoms with Crippen LogP contribution in [0.25, 0.3) is 0 Å². The number of nitrogens with one attached hydrogen (secondary N) is 1. The summed E-state index contributed by atoms with van der Waals surface area (Å²) in [5, 5.41) is 3.46. The molecule has 1 atom stereocenters. The molecule has 5 heteroatoms. The monoisotopic (exact) mass is 355 g/mol. The average molecular weight is 357 g/mol. The molecule has 0 saturated carbocycles. The number of carbonyl (C=O) groups excluding carboxylic acids is 1. The van der Waals surface area contributed by atoms with E-state index in [2.05, 4.69) is 21.2 Å². The van der Waals surface area contributed by atoms with Gasteiger partial charge in [-0.3, -0.25) is 4.79 Å². The number of rotatable bonds is 3. The normalized spacial score (nSPS) is 12.0. The highest BCUT2D eigenvalue weighted by molar-refractivity contribution is 9.10. The Kier molecular flexibility index (Phi) is 4.78. The van der Waals surface area contributed by atoms with Gasteiger partial charge in [0.1, 0.15) is 5.82 Å². The first-order chi connectivity index (χ1) is 9.47. The highest BCUT2D eigenvalue weighted by Gasteiger charge is 2.13. The molecule has 2 aromatic rings. The second kappa shape index (κ2) is 6.37. The molecule has 0 spiro atoms. The van der Waals surface area contributed by atoms with Gasteiger partial charge in [0.25, 0.3) is 5.91 Å². The second-order valence-electron chi connectivity index (χ2n) is 4.38. The Labute approximate surface area is 130 Å². The zero-order chi connectivity index (χ0) is 14.7. The van der Waals surface area contributed by atoms with Crippen molar-refractivity contribution in [2.75, 3.05) is 0 Å². The maximum Gasteiger partial charge on any atom is 0.251 e. The molecule has 20 heavy (non-hydrogen) atoms. The second-order valence-corrected chi connectivity index (χ2v) is 5.67. The molecule has 0 aliphatic rings. The van der Waals surface area contributed by atoms with Crippen LogP contribution < -0.4 is 5.32 Å². The molecular weight excluding hydrogens is 345 g/mol. The minimum Gasteiger partial charge on any atom is -0.346 e. The number of hydrogen-bond donors (Lipinski definition) is 1. The Morgan fingerprint density at radius 1 is 1.30 bits per heavy atom. The Morgan fingerprint density at radius 3 is 2.70 bits per heavy atom. The quantitative estimate of drug-likeness (QED) is 0.846. The van der Waals surface area contributed by atoms with Gasteiger partial charge in [0.15, 0.2) is 0 Å². The lowest BCUT2D eigenvalue weighted by Crippen LogP contribution is -2.26. The van der Waals surface area contributed by atoms with E-state index >= 15 is 0 Å². The standard InChI is InChI=1S/C15H12BrClFNO/c1-9(10-3-2-4-12(17)7-10)19-15(20)11-5-6-14(18)13(16)8-11/h2-9H,1H3,(H,19,20). The molecule has 0 radical (unpaired) electrons. The van der Waals surface area contributed by atoms with E-state index in [1.54, 1.807) is 12.1 Å². The van der Waals surface area contributed by atoms with Crippen LogP contribution in [-0.4, -0.2) is 5.91 Å². The number of carbonyl (C=O) groups is 1. The lowest BCUT2D eigenvalue weighted by Gasteiger charge is -2.15. The SMILES string of the molecule is CC(NC(=O)c1ccc(F)c(Br)c1)c1cccc(Cl)c1. The fourth-order valence-corrected chi connectivity index (χ4v) is 2.35. The Hall–Kier alpha value is -1.39. The summed E-state index contributed by atoms with van der Waals surface area (Å²) in [6, 6.07) is 11.2. The smallest absolute Gasteiger partial charge is 0.251 e. The largest absolute Gasteiger partial charge is 0.346 e. The lowest BCUT2D eigenvalue weighted by molar-refractivity contribution is 0.0940. The topological polar surface area (TPSA) is 29.1 Å². The van der Waals surface area contributed by atoms with Crippen molar-refractivity contribution in [3.63, 3.8) is 0 Å². The average Bonchev–Trinajstić information content (AvgIpc) is 2.41. The summed E-state index contributed by atoms with van der Waals surface area (Å²) < 4.78 is 13.4. The van der Waals surface area contributed by atoms with Crippen LogP contribution in [0.5, 0.6) is 0 Å². The van der Waals surface area contributed by atoms with Gasteiger partial charge >= 0.3 is 0 Å². The van der Waals surface area contributed by atoms with Gasteiger partial charge in [0, 0.05) is 10.6 Å². The summed E-state index contributed by atoms with van der Waals surface area (Å²) in [5.41, 5.74) is 1.30. The van der Waals surface area contributed by atoms with Gasteiger partial charge in [-0.1, -0.05) is 23.7 Å². The fourth-order valence-electron chi connectivity index (χ4n) is 1.78. The van der Waals surface area contributed by atoms with Crippen molar-refractivity contribution in [3.05, 3.63) is 68.9 Å². The summed E-state index contributed by atoms with van der Waals surface area (Å²) >= 11 is 8.98. The van der Waals surface area contributed by atoms with Crippen LogP contribution in [0.3, 0.4) is 0 Å².